The quantitative estimate of drug-likeness (QED) is 0.725. The second kappa shape index (κ2) is 9.71. The zero-order valence-corrected chi connectivity index (χ0v) is 17.0. The van der Waals surface area contributed by atoms with Gasteiger partial charge in [-0.25, -0.2) is 0 Å². The van der Waals surface area contributed by atoms with Crippen molar-refractivity contribution in [1.82, 2.24) is 9.80 Å². The van der Waals surface area contributed by atoms with Crippen molar-refractivity contribution in [2.45, 2.75) is 52.1 Å². The average molecular weight is 386 g/mol. The molecule has 2 atom stereocenters. The van der Waals surface area contributed by atoms with Crippen LogP contribution >= 0.6 is 0 Å². The molecule has 1 aromatic rings. The SMILES string of the molecule is CCN(CC)C(=O)[C@H]1CCCN(C(=O)[C@H]2CC(CCc3ccccc3)=NO2)C1. The molecule has 2 amide bonds. The van der Waals surface area contributed by atoms with E-state index in [-0.39, 0.29) is 17.7 Å². The van der Waals surface area contributed by atoms with E-state index < -0.39 is 6.10 Å². The smallest absolute Gasteiger partial charge is 0.266 e. The van der Waals surface area contributed by atoms with Gasteiger partial charge in [-0.15, -0.1) is 0 Å². The highest BCUT2D eigenvalue weighted by Gasteiger charge is 2.36. The van der Waals surface area contributed by atoms with E-state index in [1.807, 2.05) is 36.9 Å². The maximum Gasteiger partial charge on any atom is 0.266 e. The van der Waals surface area contributed by atoms with E-state index >= 15 is 0 Å². The maximum absolute atomic E-state index is 12.9. The first kappa shape index (κ1) is 20.4. The van der Waals surface area contributed by atoms with E-state index in [1.165, 1.54) is 5.56 Å². The van der Waals surface area contributed by atoms with Crippen molar-refractivity contribution in [3.8, 4) is 0 Å². The number of amides is 2. The summed E-state index contributed by atoms with van der Waals surface area (Å²) in [7, 11) is 0. The Kier molecular flexibility index (Phi) is 7.06. The number of aryl methyl sites for hydroxylation is 1. The number of carbonyl (C=O) groups is 2. The molecule has 2 aliphatic heterocycles. The Labute approximate surface area is 167 Å². The van der Waals surface area contributed by atoms with Crippen molar-refractivity contribution < 1.29 is 14.4 Å². The Hall–Kier alpha value is -2.37. The summed E-state index contributed by atoms with van der Waals surface area (Å²) in [5.74, 6) is 0.0302. The highest BCUT2D eigenvalue weighted by Crippen LogP contribution is 2.23. The number of rotatable bonds is 7. The van der Waals surface area contributed by atoms with Gasteiger partial charge in [-0.1, -0.05) is 35.5 Å². The Bertz CT molecular complexity index is 700. The Morgan fingerprint density at radius 3 is 2.64 bits per heavy atom. The topological polar surface area (TPSA) is 62.2 Å². The van der Waals surface area contributed by atoms with Crippen molar-refractivity contribution >= 4 is 17.5 Å². The normalized spacial score (nSPS) is 21.8. The van der Waals surface area contributed by atoms with E-state index in [0.29, 0.717) is 32.6 Å². The number of oxime groups is 1. The minimum Gasteiger partial charge on any atom is -0.382 e. The molecule has 3 rings (SSSR count). The molecule has 0 N–H and O–H groups in total. The fourth-order valence-corrected chi connectivity index (χ4v) is 4.02. The molecule has 28 heavy (non-hydrogen) atoms. The molecule has 0 unspecified atom stereocenters. The summed E-state index contributed by atoms with van der Waals surface area (Å²) in [6.45, 7) is 6.60. The molecular weight excluding hydrogens is 354 g/mol. The summed E-state index contributed by atoms with van der Waals surface area (Å²) in [4.78, 5) is 34.7. The molecule has 2 heterocycles. The van der Waals surface area contributed by atoms with Crippen LogP contribution in [0.3, 0.4) is 0 Å². The molecule has 0 radical (unpaired) electrons. The van der Waals surface area contributed by atoms with Crippen LogP contribution in [0.15, 0.2) is 35.5 Å². The maximum atomic E-state index is 12.9. The van der Waals surface area contributed by atoms with E-state index in [9.17, 15) is 9.59 Å². The summed E-state index contributed by atoms with van der Waals surface area (Å²) >= 11 is 0. The average Bonchev–Trinajstić information content (AvgIpc) is 3.22. The molecule has 152 valence electrons. The van der Waals surface area contributed by atoms with Crippen molar-refractivity contribution in [2.75, 3.05) is 26.2 Å². The zero-order chi connectivity index (χ0) is 19.9. The van der Waals surface area contributed by atoms with Gasteiger partial charge in [0.25, 0.3) is 5.91 Å². The van der Waals surface area contributed by atoms with Crippen molar-refractivity contribution in [1.29, 1.82) is 0 Å². The van der Waals surface area contributed by atoms with Crippen LogP contribution in [0, 0.1) is 5.92 Å². The van der Waals surface area contributed by atoms with Crippen LogP contribution < -0.4 is 0 Å². The molecule has 0 aromatic heterocycles. The largest absolute Gasteiger partial charge is 0.382 e. The van der Waals surface area contributed by atoms with Crippen molar-refractivity contribution in [3.05, 3.63) is 35.9 Å². The van der Waals surface area contributed by atoms with Crippen molar-refractivity contribution in [3.63, 3.8) is 0 Å². The van der Waals surface area contributed by atoms with Gasteiger partial charge in [-0.05, 0) is 45.1 Å². The minimum absolute atomic E-state index is 0.0319. The molecule has 2 aliphatic rings. The molecule has 0 aliphatic carbocycles. The van der Waals surface area contributed by atoms with Crippen LogP contribution in [0.5, 0.6) is 0 Å². The lowest BCUT2D eigenvalue weighted by molar-refractivity contribution is -0.147. The molecule has 6 nitrogen and oxygen atoms in total. The van der Waals surface area contributed by atoms with E-state index in [2.05, 4.69) is 17.3 Å². The summed E-state index contributed by atoms with van der Waals surface area (Å²) in [5, 5.41) is 4.15. The number of nitrogens with zero attached hydrogens (tertiary/aromatic N) is 3. The lowest BCUT2D eigenvalue weighted by Gasteiger charge is -2.35. The number of benzene rings is 1. The standard InChI is InChI=1S/C22H31N3O3/c1-3-24(4-2)21(26)18-11-8-14-25(16-18)22(27)20-15-19(23-28-20)13-12-17-9-6-5-7-10-17/h5-7,9-10,18,20H,3-4,8,11-16H2,1-2H3/t18-,20+/m0/s1. The Morgan fingerprint density at radius 1 is 1.18 bits per heavy atom. The van der Waals surface area contributed by atoms with Gasteiger partial charge in [0.05, 0.1) is 11.6 Å². The lowest BCUT2D eigenvalue weighted by atomic mass is 9.95. The van der Waals surface area contributed by atoms with Crippen LogP contribution in [0.25, 0.3) is 0 Å². The molecular formula is C22H31N3O3. The summed E-state index contributed by atoms with van der Waals surface area (Å²) in [6.07, 6.45) is 3.43. The monoisotopic (exact) mass is 385 g/mol. The van der Waals surface area contributed by atoms with Gasteiger partial charge >= 0.3 is 0 Å². The van der Waals surface area contributed by atoms with Gasteiger partial charge in [-0.3, -0.25) is 9.59 Å². The highest BCUT2D eigenvalue weighted by molar-refractivity contribution is 5.93. The molecule has 6 heteroatoms. The Morgan fingerprint density at radius 2 is 1.93 bits per heavy atom. The zero-order valence-electron chi connectivity index (χ0n) is 17.0. The predicted octanol–water partition coefficient (Wildman–Crippen LogP) is 2.87. The third kappa shape index (κ3) is 4.91. The molecule has 0 saturated carbocycles. The van der Waals surface area contributed by atoms with Crippen LogP contribution in [0.1, 0.15) is 45.1 Å². The molecule has 0 bridgehead atoms. The third-order valence-electron chi connectivity index (χ3n) is 5.71. The summed E-state index contributed by atoms with van der Waals surface area (Å²) in [5.41, 5.74) is 2.20. The van der Waals surface area contributed by atoms with Crippen LogP contribution in [0.4, 0.5) is 0 Å². The second-order valence-corrected chi connectivity index (χ2v) is 7.58. The van der Waals surface area contributed by atoms with Gasteiger partial charge in [0.1, 0.15) is 0 Å². The number of likely N-dealkylation sites (tertiary alicyclic amines) is 1. The van der Waals surface area contributed by atoms with Crippen LogP contribution in [0.2, 0.25) is 0 Å². The van der Waals surface area contributed by atoms with E-state index in [4.69, 9.17) is 4.84 Å². The molecule has 1 saturated heterocycles. The van der Waals surface area contributed by atoms with Crippen LogP contribution in [-0.2, 0) is 20.8 Å². The number of piperidine rings is 1. The van der Waals surface area contributed by atoms with Gasteiger partial charge in [0, 0.05) is 32.6 Å². The molecule has 1 aromatic carbocycles. The number of hydrogen-bond donors (Lipinski definition) is 0. The first-order valence-corrected chi connectivity index (χ1v) is 10.4. The third-order valence-corrected chi connectivity index (χ3v) is 5.71. The fraction of sp³-hybridized carbons (Fsp3) is 0.591. The van der Waals surface area contributed by atoms with E-state index in [0.717, 1.165) is 31.4 Å². The first-order valence-electron chi connectivity index (χ1n) is 10.4. The van der Waals surface area contributed by atoms with Crippen molar-refractivity contribution in [2.24, 2.45) is 11.1 Å². The van der Waals surface area contributed by atoms with Gasteiger partial charge in [-0.2, -0.15) is 0 Å². The summed E-state index contributed by atoms with van der Waals surface area (Å²) < 4.78 is 0. The number of hydrogen-bond acceptors (Lipinski definition) is 4. The fourth-order valence-electron chi connectivity index (χ4n) is 4.02. The highest BCUT2D eigenvalue weighted by atomic mass is 16.6. The van der Waals surface area contributed by atoms with Gasteiger partial charge < -0.3 is 14.6 Å². The predicted molar refractivity (Wildman–Crippen MR) is 109 cm³/mol. The molecule has 1 fully saturated rings. The molecule has 0 spiro atoms. The minimum atomic E-state index is -0.534. The Balaban J connectivity index is 1.50. The second-order valence-electron chi connectivity index (χ2n) is 7.58. The van der Waals surface area contributed by atoms with Crippen LogP contribution in [-0.4, -0.2) is 59.6 Å². The van der Waals surface area contributed by atoms with Gasteiger partial charge in [0.15, 0.2) is 0 Å². The van der Waals surface area contributed by atoms with E-state index in [1.54, 1.807) is 4.90 Å². The lowest BCUT2D eigenvalue weighted by Crippen LogP contribution is -2.49. The number of carbonyl (C=O) groups excluding carboxylic acids is 2. The first-order chi connectivity index (χ1) is 13.6. The van der Waals surface area contributed by atoms with Gasteiger partial charge in [0.2, 0.25) is 12.0 Å². The summed E-state index contributed by atoms with van der Waals surface area (Å²) in [6, 6.07) is 10.3.